The van der Waals surface area contributed by atoms with Gasteiger partial charge in [0, 0.05) is 17.5 Å². The number of methoxy groups -OCH3 is 1. The molecule has 4 heteroatoms. The third-order valence-electron chi connectivity index (χ3n) is 5.52. The first-order valence-electron chi connectivity index (χ1n) is 11.2. The minimum absolute atomic E-state index is 0.527. The van der Waals surface area contributed by atoms with Gasteiger partial charge < -0.3 is 15.2 Å². The van der Waals surface area contributed by atoms with Crippen LogP contribution in [0.15, 0.2) is 54.6 Å². The minimum atomic E-state index is -0.606. The quantitative estimate of drug-likeness (QED) is 0.368. The van der Waals surface area contributed by atoms with E-state index in [9.17, 15) is 5.11 Å². The summed E-state index contributed by atoms with van der Waals surface area (Å²) in [5.74, 6) is 0.769. The predicted molar refractivity (Wildman–Crippen MR) is 125 cm³/mol. The number of rotatable bonds is 12. The van der Waals surface area contributed by atoms with Crippen LogP contribution in [0.3, 0.4) is 0 Å². The topological polar surface area (TPSA) is 54.4 Å². The summed E-state index contributed by atoms with van der Waals surface area (Å²) in [6.45, 7) is 3.70. The van der Waals surface area contributed by atoms with Crippen molar-refractivity contribution in [3.05, 3.63) is 60.2 Å². The Bertz CT molecular complexity index is 912. The monoisotopic (exact) mass is 406 g/mol. The molecule has 30 heavy (non-hydrogen) atoms. The van der Waals surface area contributed by atoms with Crippen LogP contribution in [0.5, 0.6) is 5.75 Å². The minimum Gasteiger partial charge on any atom is -0.497 e. The van der Waals surface area contributed by atoms with Crippen molar-refractivity contribution in [3.8, 4) is 17.0 Å². The summed E-state index contributed by atoms with van der Waals surface area (Å²) in [5.41, 5.74) is 3.66. The molecule has 0 saturated heterocycles. The SMILES string of the molecule is CCCCCCCCNCC(O)c1cc(-c2ccccc2)nc2ccc(OC)cc12. The molecule has 2 N–H and O–H groups in total. The van der Waals surface area contributed by atoms with Gasteiger partial charge in [0.25, 0.3) is 0 Å². The third-order valence-corrected chi connectivity index (χ3v) is 5.52. The standard InChI is InChI=1S/C26H34N2O2/c1-3-4-5-6-7-11-16-27-19-26(29)23-18-25(20-12-9-8-10-13-20)28-24-15-14-21(30-2)17-22(23)24/h8-10,12-15,17-18,26-27,29H,3-7,11,16,19H2,1-2H3. The molecule has 0 saturated carbocycles. The summed E-state index contributed by atoms with van der Waals surface area (Å²) < 4.78 is 5.40. The van der Waals surface area contributed by atoms with Gasteiger partial charge >= 0.3 is 0 Å². The van der Waals surface area contributed by atoms with Gasteiger partial charge in [0.1, 0.15) is 5.75 Å². The van der Waals surface area contributed by atoms with Crippen LogP contribution in [-0.2, 0) is 0 Å². The van der Waals surface area contributed by atoms with Crippen LogP contribution in [-0.4, -0.2) is 30.3 Å². The summed E-state index contributed by atoms with van der Waals surface area (Å²) in [6.07, 6.45) is 7.02. The molecule has 0 fully saturated rings. The van der Waals surface area contributed by atoms with Gasteiger partial charge in [0.05, 0.1) is 24.4 Å². The van der Waals surface area contributed by atoms with E-state index in [1.165, 1.54) is 32.1 Å². The Balaban J connectivity index is 1.73. The fourth-order valence-corrected chi connectivity index (χ4v) is 3.77. The Kier molecular flexibility index (Phi) is 8.66. The van der Waals surface area contributed by atoms with E-state index in [4.69, 9.17) is 9.72 Å². The highest BCUT2D eigenvalue weighted by molar-refractivity contribution is 5.86. The number of nitrogens with zero attached hydrogens (tertiary/aromatic N) is 1. The lowest BCUT2D eigenvalue weighted by molar-refractivity contribution is 0.176. The van der Waals surface area contributed by atoms with Gasteiger partial charge in [-0.15, -0.1) is 0 Å². The molecule has 1 aromatic heterocycles. The number of ether oxygens (including phenoxy) is 1. The van der Waals surface area contributed by atoms with Crippen LogP contribution < -0.4 is 10.1 Å². The van der Waals surface area contributed by atoms with E-state index in [1.54, 1.807) is 7.11 Å². The molecule has 0 amide bonds. The van der Waals surface area contributed by atoms with Crippen LogP contribution in [0.25, 0.3) is 22.2 Å². The van der Waals surface area contributed by atoms with Crippen molar-refractivity contribution in [2.24, 2.45) is 0 Å². The maximum Gasteiger partial charge on any atom is 0.119 e. The highest BCUT2D eigenvalue weighted by atomic mass is 16.5. The first-order valence-corrected chi connectivity index (χ1v) is 11.2. The fourth-order valence-electron chi connectivity index (χ4n) is 3.77. The highest BCUT2D eigenvalue weighted by Gasteiger charge is 2.15. The van der Waals surface area contributed by atoms with Crippen molar-refractivity contribution >= 4 is 10.9 Å². The molecule has 1 unspecified atom stereocenters. The molecule has 0 spiro atoms. The van der Waals surface area contributed by atoms with Gasteiger partial charge in [-0.3, -0.25) is 0 Å². The average Bonchev–Trinajstić information content (AvgIpc) is 2.80. The molecule has 2 aromatic carbocycles. The van der Waals surface area contributed by atoms with Crippen molar-refractivity contribution in [1.29, 1.82) is 0 Å². The smallest absolute Gasteiger partial charge is 0.119 e. The van der Waals surface area contributed by atoms with Crippen molar-refractivity contribution in [1.82, 2.24) is 10.3 Å². The second-order valence-electron chi connectivity index (χ2n) is 7.83. The molecule has 3 rings (SSSR count). The van der Waals surface area contributed by atoms with Gasteiger partial charge in [0.2, 0.25) is 0 Å². The first-order chi connectivity index (χ1) is 14.7. The van der Waals surface area contributed by atoms with Crippen LogP contribution in [0.2, 0.25) is 0 Å². The Labute approximate surface area is 180 Å². The largest absolute Gasteiger partial charge is 0.497 e. The number of hydrogen-bond donors (Lipinski definition) is 2. The number of aliphatic hydroxyl groups excluding tert-OH is 1. The van der Waals surface area contributed by atoms with Crippen molar-refractivity contribution in [2.75, 3.05) is 20.2 Å². The van der Waals surface area contributed by atoms with Crippen LogP contribution in [0.1, 0.15) is 57.1 Å². The van der Waals surface area contributed by atoms with Crippen molar-refractivity contribution in [2.45, 2.75) is 51.6 Å². The van der Waals surface area contributed by atoms with E-state index in [-0.39, 0.29) is 0 Å². The lowest BCUT2D eigenvalue weighted by Crippen LogP contribution is -2.22. The van der Waals surface area contributed by atoms with E-state index in [1.807, 2.05) is 54.6 Å². The van der Waals surface area contributed by atoms with Gasteiger partial charge in [0.15, 0.2) is 0 Å². The van der Waals surface area contributed by atoms with Crippen LogP contribution >= 0.6 is 0 Å². The Morgan fingerprint density at radius 2 is 1.73 bits per heavy atom. The average molecular weight is 407 g/mol. The highest BCUT2D eigenvalue weighted by Crippen LogP contribution is 2.31. The first kappa shape index (κ1) is 22.3. The molecule has 0 aliphatic heterocycles. The van der Waals surface area contributed by atoms with Gasteiger partial charge in [-0.2, -0.15) is 0 Å². The zero-order chi connectivity index (χ0) is 21.2. The normalized spacial score (nSPS) is 12.2. The maximum atomic E-state index is 11.0. The number of hydrogen-bond acceptors (Lipinski definition) is 4. The summed E-state index contributed by atoms with van der Waals surface area (Å²) in [7, 11) is 1.66. The molecule has 0 radical (unpaired) electrons. The zero-order valence-electron chi connectivity index (χ0n) is 18.2. The van der Waals surface area contributed by atoms with Crippen LogP contribution in [0.4, 0.5) is 0 Å². The predicted octanol–water partition coefficient (Wildman–Crippen LogP) is 5.89. The second-order valence-corrected chi connectivity index (χ2v) is 7.83. The number of aromatic nitrogens is 1. The number of unbranched alkanes of at least 4 members (excludes halogenated alkanes) is 5. The van der Waals surface area contributed by atoms with Crippen molar-refractivity contribution in [3.63, 3.8) is 0 Å². The number of fused-ring (bicyclic) bond motifs is 1. The van der Waals surface area contributed by atoms with Gasteiger partial charge in [-0.1, -0.05) is 69.4 Å². The molecule has 1 heterocycles. The summed E-state index contributed by atoms with van der Waals surface area (Å²) >= 11 is 0. The Morgan fingerprint density at radius 1 is 0.967 bits per heavy atom. The summed E-state index contributed by atoms with van der Waals surface area (Å²) in [6, 6.07) is 17.9. The molecule has 160 valence electrons. The van der Waals surface area contributed by atoms with E-state index in [2.05, 4.69) is 12.2 Å². The molecule has 4 nitrogen and oxygen atoms in total. The Morgan fingerprint density at radius 3 is 2.50 bits per heavy atom. The lowest BCUT2D eigenvalue weighted by Gasteiger charge is -2.17. The van der Waals surface area contributed by atoms with E-state index in [0.717, 1.165) is 46.4 Å². The molecular weight excluding hydrogens is 372 g/mol. The Hall–Kier alpha value is -2.43. The molecule has 3 aromatic rings. The lowest BCUT2D eigenvalue weighted by atomic mass is 10.00. The molecule has 0 bridgehead atoms. The number of nitrogens with one attached hydrogen (secondary N) is 1. The molecular formula is C26H34N2O2. The van der Waals surface area contributed by atoms with E-state index in [0.29, 0.717) is 6.54 Å². The van der Waals surface area contributed by atoms with Crippen LogP contribution in [0, 0.1) is 0 Å². The second kappa shape index (κ2) is 11.7. The van der Waals surface area contributed by atoms with E-state index < -0.39 is 6.10 Å². The number of benzene rings is 2. The third kappa shape index (κ3) is 6.04. The molecule has 0 aliphatic rings. The zero-order valence-corrected chi connectivity index (χ0v) is 18.2. The number of pyridine rings is 1. The fraction of sp³-hybridized carbons (Fsp3) is 0.423. The summed E-state index contributed by atoms with van der Waals surface area (Å²) in [4.78, 5) is 4.82. The van der Waals surface area contributed by atoms with Gasteiger partial charge in [-0.05, 0) is 42.8 Å². The molecule has 0 aliphatic carbocycles. The maximum absolute atomic E-state index is 11.0. The van der Waals surface area contributed by atoms with E-state index >= 15 is 0 Å². The number of aliphatic hydroxyl groups is 1. The summed E-state index contributed by atoms with van der Waals surface area (Å²) in [5, 5.41) is 15.4. The van der Waals surface area contributed by atoms with Gasteiger partial charge in [-0.25, -0.2) is 4.98 Å². The van der Waals surface area contributed by atoms with Crippen molar-refractivity contribution < 1.29 is 9.84 Å². The molecule has 1 atom stereocenters.